The van der Waals surface area contributed by atoms with E-state index in [-0.39, 0.29) is 11.5 Å². The van der Waals surface area contributed by atoms with Crippen molar-refractivity contribution in [2.45, 2.75) is 6.92 Å². The van der Waals surface area contributed by atoms with E-state index in [1.54, 1.807) is 24.3 Å². The molecule has 0 spiro atoms. The summed E-state index contributed by atoms with van der Waals surface area (Å²) in [5.41, 5.74) is 4.05. The molecule has 0 amide bonds. The molecular weight excluding hydrogens is 488 g/mol. The topological polar surface area (TPSA) is 78.9 Å². The van der Waals surface area contributed by atoms with Gasteiger partial charge in [-0.25, -0.2) is 4.98 Å². The molecule has 7 heteroatoms. The van der Waals surface area contributed by atoms with Crippen molar-refractivity contribution in [3.8, 4) is 23.0 Å². The third-order valence-electron chi connectivity index (χ3n) is 4.17. The first-order valence-corrected chi connectivity index (χ1v) is 9.92. The van der Waals surface area contributed by atoms with Crippen molar-refractivity contribution in [1.82, 2.24) is 4.98 Å². The Balaban J connectivity index is 1.66. The fourth-order valence-corrected chi connectivity index (χ4v) is 4.02. The summed E-state index contributed by atoms with van der Waals surface area (Å²) >= 11 is 6.67. The van der Waals surface area contributed by atoms with Crippen LogP contribution in [0.3, 0.4) is 0 Å². The summed E-state index contributed by atoms with van der Waals surface area (Å²) in [7, 11) is 0. The summed E-state index contributed by atoms with van der Waals surface area (Å²) in [5, 5.41) is 20.5. The molecule has 140 valence electrons. The SMILES string of the molecule is Cc1ccc2oc(-c3ccc(N=Cc4cc(Br)cc(Br)c4O)cc3O)nc2c1. The molecule has 0 atom stereocenters. The number of halogens is 2. The molecule has 2 N–H and O–H groups in total. The predicted octanol–water partition coefficient (Wildman–Crippen LogP) is 6.49. The summed E-state index contributed by atoms with van der Waals surface area (Å²) in [4.78, 5) is 8.78. The van der Waals surface area contributed by atoms with Gasteiger partial charge in [0.15, 0.2) is 5.58 Å². The standard InChI is InChI=1S/C21H14Br2N2O3/c1-11-2-5-19-17(6-11)25-21(28-19)15-4-3-14(9-18(15)26)24-10-12-7-13(22)8-16(23)20(12)27/h2-10,26-27H,1H3. The number of fused-ring (bicyclic) bond motifs is 1. The lowest BCUT2D eigenvalue weighted by Gasteiger charge is -2.04. The number of hydrogen-bond donors (Lipinski definition) is 2. The Morgan fingerprint density at radius 2 is 1.86 bits per heavy atom. The number of benzene rings is 3. The number of phenolic OH excluding ortho intramolecular Hbond substituents is 2. The molecule has 0 aliphatic carbocycles. The summed E-state index contributed by atoms with van der Waals surface area (Å²) in [6.07, 6.45) is 1.53. The zero-order chi connectivity index (χ0) is 19.8. The maximum Gasteiger partial charge on any atom is 0.231 e. The first kappa shape index (κ1) is 18.7. The maximum absolute atomic E-state index is 10.4. The van der Waals surface area contributed by atoms with Gasteiger partial charge in [-0.1, -0.05) is 22.0 Å². The van der Waals surface area contributed by atoms with E-state index in [1.165, 1.54) is 12.3 Å². The second kappa shape index (κ2) is 7.41. The molecule has 0 saturated carbocycles. The third kappa shape index (κ3) is 3.68. The van der Waals surface area contributed by atoms with Gasteiger partial charge in [-0.2, -0.15) is 0 Å². The van der Waals surface area contributed by atoms with Crippen LogP contribution in [0.1, 0.15) is 11.1 Å². The Morgan fingerprint density at radius 3 is 2.64 bits per heavy atom. The molecule has 4 rings (SSSR count). The van der Waals surface area contributed by atoms with Crippen molar-refractivity contribution in [3.05, 3.63) is 68.6 Å². The molecule has 0 unspecified atom stereocenters. The maximum atomic E-state index is 10.4. The molecule has 0 bridgehead atoms. The largest absolute Gasteiger partial charge is 0.507 e. The molecule has 4 aromatic rings. The fourth-order valence-electron chi connectivity index (χ4n) is 2.76. The fraction of sp³-hybridized carbons (Fsp3) is 0.0476. The van der Waals surface area contributed by atoms with Crippen LogP contribution in [0.4, 0.5) is 5.69 Å². The molecule has 0 aliphatic heterocycles. The van der Waals surface area contributed by atoms with Crippen LogP contribution in [0.5, 0.6) is 11.5 Å². The van der Waals surface area contributed by atoms with Crippen molar-refractivity contribution in [3.63, 3.8) is 0 Å². The molecule has 28 heavy (non-hydrogen) atoms. The number of aromatic nitrogens is 1. The van der Waals surface area contributed by atoms with Crippen LogP contribution in [0.2, 0.25) is 0 Å². The van der Waals surface area contributed by atoms with Gasteiger partial charge in [-0.15, -0.1) is 0 Å². The molecule has 3 aromatic carbocycles. The van der Waals surface area contributed by atoms with Crippen molar-refractivity contribution in [1.29, 1.82) is 0 Å². The predicted molar refractivity (Wildman–Crippen MR) is 117 cm³/mol. The number of rotatable bonds is 3. The number of phenols is 2. The Hall–Kier alpha value is -2.64. The number of hydrogen-bond acceptors (Lipinski definition) is 5. The quantitative estimate of drug-likeness (QED) is 0.314. The van der Waals surface area contributed by atoms with Crippen LogP contribution >= 0.6 is 31.9 Å². The average Bonchev–Trinajstić information content (AvgIpc) is 3.06. The number of oxazole rings is 1. The Kier molecular flexibility index (Phi) is 4.95. The summed E-state index contributed by atoms with van der Waals surface area (Å²) in [6, 6.07) is 14.2. The highest BCUT2D eigenvalue weighted by Crippen LogP contribution is 2.35. The van der Waals surface area contributed by atoms with Crippen molar-refractivity contribution < 1.29 is 14.6 Å². The van der Waals surface area contributed by atoms with E-state index in [0.29, 0.717) is 32.8 Å². The normalized spacial score (nSPS) is 11.5. The van der Waals surface area contributed by atoms with E-state index in [2.05, 4.69) is 41.8 Å². The molecule has 0 radical (unpaired) electrons. The Bertz CT molecular complexity index is 1230. The first-order valence-electron chi connectivity index (χ1n) is 8.33. The summed E-state index contributed by atoms with van der Waals surface area (Å²) in [5.74, 6) is 0.453. The molecule has 1 aromatic heterocycles. The van der Waals surface area contributed by atoms with Gasteiger partial charge in [0.05, 0.1) is 15.7 Å². The summed E-state index contributed by atoms with van der Waals surface area (Å²) < 4.78 is 7.12. The molecule has 5 nitrogen and oxygen atoms in total. The number of aromatic hydroxyl groups is 2. The van der Waals surface area contributed by atoms with Gasteiger partial charge in [0.1, 0.15) is 17.0 Å². The number of aryl methyl sites for hydroxylation is 1. The number of aliphatic imine (C=N–C) groups is 1. The van der Waals surface area contributed by atoms with E-state index in [9.17, 15) is 10.2 Å². The van der Waals surface area contributed by atoms with E-state index < -0.39 is 0 Å². The van der Waals surface area contributed by atoms with Crippen LogP contribution in [0.25, 0.3) is 22.6 Å². The van der Waals surface area contributed by atoms with E-state index in [0.717, 1.165) is 15.6 Å². The molecule has 1 heterocycles. The lowest BCUT2D eigenvalue weighted by atomic mass is 10.1. The van der Waals surface area contributed by atoms with Crippen LogP contribution in [0, 0.1) is 6.92 Å². The lowest BCUT2D eigenvalue weighted by Crippen LogP contribution is -1.84. The highest BCUT2D eigenvalue weighted by molar-refractivity contribution is 9.11. The van der Waals surface area contributed by atoms with Gasteiger partial charge >= 0.3 is 0 Å². The molecule has 0 saturated heterocycles. The van der Waals surface area contributed by atoms with Gasteiger partial charge in [0.25, 0.3) is 0 Å². The van der Waals surface area contributed by atoms with Crippen LogP contribution in [-0.2, 0) is 0 Å². The van der Waals surface area contributed by atoms with E-state index >= 15 is 0 Å². The van der Waals surface area contributed by atoms with E-state index in [1.807, 2.05) is 25.1 Å². The number of nitrogens with zero attached hydrogens (tertiary/aromatic N) is 2. The van der Waals surface area contributed by atoms with Gasteiger partial charge in [0, 0.05) is 22.3 Å². The van der Waals surface area contributed by atoms with Gasteiger partial charge < -0.3 is 14.6 Å². The highest BCUT2D eigenvalue weighted by atomic mass is 79.9. The lowest BCUT2D eigenvalue weighted by molar-refractivity contribution is 0.471. The van der Waals surface area contributed by atoms with E-state index in [4.69, 9.17) is 4.42 Å². The van der Waals surface area contributed by atoms with Gasteiger partial charge in [-0.3, -0.25) is 4.99 Å². The molecular formula is C21H14Br2N2O3. The molecule has 0 aliphatic rings. The van der Waals surface area contributed by atoms with Gasteiger partial charge in [0.2, 0.25) is 5.89 Å². The van der Waals surface area contributed by atoms with Crippen LogP contribution < -0.4 is 0 Å². The van der Waals surface area contributed by atoms with Crippen molar-refractivity contribution in [2.24, 2.45) is 4.99 Å². The second-order valence-corrected chi connectivity index (χ2v) is 8.05. The zero-order valence-corrected chi connectivity index (χ0v) is 17.8. The minimum atomic E-state index is 0.0116. The van der Waals surface area contributed by atoms with Crippen LogP contribution in [-0.4, -0.2) is 21.4 Å². The smallest absolute Gasteiger partial charge is 0.231 e. The van der Waals surface area contributed by atoms with Crippen LogP contribution in [0.15, 0.2) is 66.9 Å². The average molecular weight is 502 g/mol. The van der Waals surface area contributed by atoms with Crippen molar-refractivity contribution in [2.75, 3.05) is 0 Å². The minimum absolute atomic E-state index is 0.0116. The van der Waals surface area contributed by atoms with Gasteiger partial charge in [-0.05, 0) is 64.8 Å². The summed E-state index contributed by atoms with van der Waals surface area (Å²) in [6.45, 7) is 1.99. The Labute approximate surface area is 177 Å². The first-order chi connectivity index (χ1) is 13.4. The monoisotopic (exact) mass is 500 g/mol. The third-order valence-corrected chi connectivity index (χ3v) is 5.23. The minimum Gasteiger partial charge on any atom is -0.507 e. The second-order valence-electron chi connectivity index (χ2n) is 6.28. The highest BCUT2D eigenvalue weighted by Gasteiger charge is 2.13. The Morgan fingerprint density at radius 1 is 1.04 bits per heavy atom. The van der Waals surface area contributed by atoms with Crippen molar-refractivity contribution >= 4 is 54.9 Å². The zero-order valence-electron chi connectivity index (χ0n) is 14.6. The molecule has 0 fully saturated rings.